The third-order valence-corrected chi connectivity index (χ3v) is 9.62. The monoisotopic (exact) mass is 521 g/mol. The molecular weight excluding hydrogens is 492 g/mol. The van der Waals surface area contributed by atoms with Gasteiger partial charge < -0.3 is 9.30 Å². The lowest BCUT2D eigenvalue weighted by molar-refractivity contribution is 0.0960. The van der Waals surface area contributed by atoms with Crippen LogP contribution in [0.5, 0.6) is 0 Å². The van der Waals surface area contributed by atoms with Gasteiger partial charge in [0.25, 0.3) is 0 Å². The van der Waals surface area contributed by atoms with Gasteiger partial charge in [-0.25, -0.2) is 22.2 Å². The summed E-state index contributed by atoms with van der Waals surface area (Å²) in [4.78, 5) is 4.93. The van der Waals surface area contributed by atoms with Crippen LogP contribution in [0.3, 0.4) is 0 Å². The third-order valence-electron chi connectivity index (χ3n) is 6.76. The molecule has 1 aromatic heterocycles. The first kappa shape index (κ1) is 24.7. The highest BCUT2D eigenvalue weighted by molar-refractivity contribution is 7.98. The molecule has 2 fully saturated rings. The molecule has 2 atom stereocenters. The molecule has 35 heavy (non-hydrogen) atoms. The van der Waals surface area contributed by atoms with Crippen LogP contribution in [-0.2, 0) is 27.1 Å². The summed E-state index contributed by atoms with van der Waals surface area (Å²) in [6.07, 6.45) is 3.81. The number of fused-ring (bicyclic) bond motifs is 1. The minimum Gasteiger partial charge on any atom is -0.376 e. The van der Waals surface area contributed by atoms with Crippen LogP contribution in [0.15, 0.2) is 46.5 Å². The van der Waals surface area contributed by atoms with Gasteiger partial charge >= 0.3 is 0 Å². The van der Waals surface area contributed by atoms with Gasteiger partial charge in [-0.1, -0.05) is 24.8 Å². The molecule has 10 heteroatoms. The van der Waals surface area contributed by atoms with Crippen LogP contribution in [0.2, 0.25) is 0 Å². The molecule has 0 unspecified atom stereocenters. The average Bonchev–Trinajstić information content (AvgIpc) is 3.47. The van der Waals surface area contributed by atoms with Gasteiger partial charge in [-0.15, -0.1) is 0 Å². The number of thioether (sulfide) groups is 1. The third kappa shape index (κ3) is 5.12. The summed E-state index contributed by atoms with van der Waals surface area (Å²) in [5.41, 5.74) is 1.32. The van der Waals surface area contributed by atoms with Crippen LogP contribution in [-0.4, -0.2) is 48.1 Å². The van der Waals surface area contributed by atoms with E-state index in [2.05, 4.69) is 6.92 Å². The average molecular weight is 522 g/mol. The van der Waals surface area contributed by atoms with E-state index in [0.29, 0.717) is 42.8 Å². The van der Waals surface area contributed by atoms with Gasteiger partial charge in [0, 0.05) is 31.0 Å². The molecule has 5 rings (SSSR count). The number of piperidine rings is 1. The Balaban J connectivity index is 1.49. The number of nitrogens with zero attached hydrogens (tertiary/aromatic N) is 3. The van der Waals surface area contributed by atoms with Gasteiger partial charge in [0.05, 0.1) is 28.6 Å². The van der Waals surface area contributed by atoms with Gasteiger partial charge in [0.1, 0.15) is 11.6 Å². The standard InChI is InChI=1S/C25H29F2N3O3S2/c1-17-5-3-11-29(14-17)35(31,32)19-9-10-24-23(13-19)28-25(30(24)15-18-6-4-12-33-18)34-16-20-21(26)7-2-8-22(20)27/h2,7-10,13,17-18H,3-6,11-12,14-16H2,1H3/t17-,18+/m0/s1. The normalized spacial score (nSPS) is 21.7. The van der Waals surface area contributed by atoms with E-state index in [4.69, 9.17) is 9.72 Å². The summed E-state index contributed by atoms with van der Waals surface area (Å²) >= 11 is 1.24. The lowest BCUT2D eigenvalue weighted by Gasteiger charge is -2.30. The van der Waals surface area contributed by atoms with Crippen molar-refractivity contribution in [3.8, 4) is 0 Å². The Hall–Kier alpha value is -2.01. The summed E-state index contributed by atoms with van der Waals surface area (Å²) in [5.74, 6) is -0.786. The van der Waals surface area contributed by atoms with Gasteiger partial charge in [0.15, 0.2) is 5.16 Å². The van der Waals surface area contributed by atoms with Crippen molar-refractivity contribution in [2.45, 2.75) is 61.1 Å². The fourth-order valence-corrected chi connectivity index (χ4v) is 7.51. The molecule has 0 aliphatic carbocycles. The molecule has 2 aliphatic heterocycles. The first-order valence-electron chi connectivity index (χ1n) is 12.0. The summed E-state index contributed by atoms with van der Waals surface area (Å²) in [6, 6.07) is 8.86. The van der Waals surface area contributed by atoms with E-state index in [1.807, 2.05) is 4.57 Å². The number of ether oxygens (including phenoxy) is 1. The topological polar surface area (TPSA) is 64.4 Å². The summed E-state index contributed by atoms with van der Waals surface area (Å²) < 4.78 is 64.4. The van der Waals surface area contributed by atoms with E-state index in [9.17, 15) is 17.2 Å². The SMILES string of the molecule is C[C@H]1CCCN(S(=O)(=O)c2ccc3c(c2)nc(SCc2c(F)cccc2F)n3C[C@H]2CCCO2)C1. The fourth-order valence-electron chi connectivity index (χ4n) is 4.85. The lowest BCUT2D eigenvalue weighted by atomic mass is 10.0. The summed E-state index contributed by atoms with van der Waals surface area (Å²) in [7, 11) is -3.63. The Bertz CT molecular complexity index is 1300. The highest BCUT2D eigenvalue weighted by atomic mass is 32.2. The van der Waals surface area contributed by atoms with Crippen molar-refractivity contribution >= 4 is 32.8 Å². The van der Waals surface area contributed by atoms with E-state index >= 15 is 0 Å². The molecular formula is C25H29F2N3O3S2. The molecule has 6 nitrogen and oxygen atoms in total. The molecule has 0 bridgehead atoms. The molecule has 3 heterocycles. The molecule has 2 aliphatic rings. The molecule has 0 saturated carbocycles. The van der Waals surface area contributed by atoms with E-state index in [-0.39, 0.29) is 22.3 Å². The number of halogens is 2. The maximum atomic E-state index is 14.2. The molecule has 0 N–H and O–H groups in total. The van der Waals surface area contributed by atoms with Crippen LogP contribution < -0.4 is 0 Å². The van der Waals surface area contributed by atoms with E-state index in [1.165, 1.54) is 30.0 Å². The second kappa shape index (κ2) is 10.2. The quantitative estimate of drug-likeness (QED) is 0.400. The van der Waals surface area contributed by atoms with Gasteiger partial charge in [0.2, 0.25) is 10.0 Å². The van der Waals surface area contributed by atoms with Gasteiger partial charge in [-0.2, -0.15) is 4.31 Å². The zero-order valence-electron chi connectivity index (χ0n) is 19.6. The lowest BCUT2D eigenvalue weighted by Crippen LogP contribution is -2.39. The van der Waals surface area contributed by atoms with E-state index in [1.54, 1.807) is 22.5 Å². The van der Waals surface area contributed by atoms with E-state index < -0.39 is 21.7 Å². The van der Waals surface area contributed by atoms with Gasteiger partial charge in [-0.3, -0.25) is 0 Å². The van der Waals surface area contributed by atoms with Crippen molar-refractivity contribution in [1.82, 2.24) is 13.9 Å². The number of rotatable bonds is 7. The van der Waals surface area contributed by atoms with Crippen molar-refractivity contribution in [2.24, 2.45) is 5.92 Å². The molecule has 0 spiro atoms. The van der Waals surface area contributed by atoms with Gasteiger partial charge in [-0.05, 0) is 61.9 Å². The maximum Gasteiger partial charge on any atom is 0.243 e. The Morgan fingerprint density at radius 1 is 1.14 bits per heavy atom. The number of benzene rings is 2. The van der Waals surface area contributed by atoms with Crippen molar-refractivity contribution in [2.75, 3.05) is 19.7 Å². The Morgan fingerprint density at radius 2 is 1.94 bits per heavy atom. The van der Waals surface area contributed by atoms with Crippen LogP contribution in [0.4, 0.5) is 8.78 Å². The number of sulfonamides is 1. The highest BCUT2D eigenvalue weighted by Crippen LogP contribution is 2.32. The van der Waals surface area contributed by atoms with Crippen LogP contribution in [0, 0.1) is 17.6 Å². The molecule has 0 radical (unpaired) electrons. The smallest absolute Gasteiger partial charge is 0.243 e. The zero-order valence-corrected chi connectivity index (χ0v) is 21.3. The van der Waals surface area contributed by atoms with Crippen molar-refractivity contribution in [3.05, 3.63) is 53.6 Å². The molecule has 3 aromatic rings. The number of hydrogen-bond acceptors (Lipinski definition) is 5. The molecule has 0 amide bonds. The zero-order chi connectivity index (χ0) is 24.6. The predicted octanol–water partition coefficient (Wildman–Crippen LogP) is 5.21. The minimum atomic E-state index is -3.63. The van der Waals surface area contributed by atoms with E-state index in [0.717, 1.165) is 31.2 Å². The Kier molecular flexibility index (Phi) is 7.16. The number of imidazole rings is 1. The maximum absolute atomic E-state index is 14.2. The number of hydrogen-bond donors (Lipinski definition) is 0. The van der Waals surface area contributed by atoms with Crippen LogP contribution in [0.1, 0.15) is 38.2 Å². The Labute approximate surface area is 208 Å². The van der Waals surface area contributed by atoms with Crippen LogP contribution in [0.25, 0.3) is 11.0 Å². The second-order valence-corrected chi connectivity index (χ2v) is 12.3. The largest absolute Gasteiger partial charge is 0.376 e. The molecule has 2 saturated heterocycles. The van der Waals surface area contributed by atoms with Crippen LogP contribution >= 0.6 is 11.8 Å². The highest BCUT2D eigenvalue weighted by Gasteiger charge is 2.29. The first-order valence-corrected chi connectivity index (χ1v) is 14.4. The predicted molar refractivity (Wildman–Crippen MR) is 132 cm³/mol. The first-order chi connectivity index (χ1) is 16.8. The molecule has 188 valence electrons. The summed E-state index contributed by atoms with van der Waals surface area (Å²) in [6.45, 7) is 4.36. The van der Waals surface area contributed by atoms with Crippen molar-refractivity contribution < 1.29 is 21.9 Å². The fraction of sp³-hybridized carbons (Fsp3) is 0.480. The Morgan fingerprint density at radius 3 is 2.66 bits per heavy atom. The van der Waals surface area contributed by atoms with Crippen molar-refractivity contribution in [1.29, 1.82) is 0 Å². The molecule has 2 aromatic carbocycles. The minimum absolute atomic E-state index is 0.00397. The summed E-state index contributed by atoms with van der Waals surface area (Å²) in [5, 5.41) is 0.583. The second-order valence-electron chi connectivity index (χ2n) is 9.39. The van der Waals surface area contributed by atoms with Crippen molar-refractivity contribution in [3.63, 3.8) is 0 Å². The number of aromatic nitrogens is 2.